The summed E-state index contributed by atoms with van der Waals surface area (Å²) in [6, 6.07) is -0.141. The highest BCUT2D eigenvalue weighted by Gasteiger charge is 2.36. The molecule has 1 N–H and O–H groups in total. The molecule has 1 aromatic rings. The summed E-state index contributed by atoms with van der Waals surface area (Å²) < 4.78 is 0. The summed E-state index contributed by atoms with van der Waals surface area (Å²) >= 11 is 1.55. The molecule has 7 heteroatoms. The third-order valence-electron chi connectivity index (χ3n) is 2.89. The number of aryl methyl sites for hydroxylation is 1. The highest BCUT2D eigenvalue weighted by Crippen LogP contribution is 2.18. The van der Waals surface area contributed by atoms with Crippen LogP contribution in [0.2, 0.25) is 0 Å². The number of hydrogen-bond donors (Lipinski definition) is 1. The van der Waals surface area contributed by atoms with Crippen LogP contribution in [0, 0.1) is 12.8 Å². The van der Waals surface area contributed by atoms with Gasteiger partial charge in [-0.1, -0.05) is 0 Å². The summed E-state index contributed by atoms with van der Waals surface area (Å²) in [5.41, 5.74) is 0.864. The van der Waals surface area contributed by atoms with Gasteiger partial charge in [0.15, 0.2) is 0 Å². The molecular formula is C11H15N3O3S. The molecule has 0 aliphatic carbocycles. The van der Waals surface area contributed by atoms with Crippen molar-refractivity contribution in [3.8, 4) is 0 Å². The Bertz CT molecular complexity index is 468. The monoisotopic (exact) mass is 269 g/mol. The Kier molecular flexibility index (Phi) is 3.51. The number of rotatable bonds is 3. The second-order valence-corrected chi connectivity index (χ2v) is 5.50. The van der Waals surface area contributed by atoms with Crippen molar-refractivity contribution >= 4 is 23.3 Å². The number of carbonyl (C=O) groups is 2. The zero-order valence-electron chi connectivity index (χ0n) is 10.3. The van der Waals surface area contributed by atoms with Crippen LogP contribution in [-0.4, -0.2) is 52.0 Å². The van der Waals surface area contributed by atoms with Crippen molar-refractivity contribution in [1.82, 2.24) is 14.8 Å². The van der Waals surface area contributed by atoms with Gasteiger partial charge in [0, 0.05) is 25.5 Å². The van der Waals surface area contributed by atoms with E-state index in [1.54, 1.807) is 23.3 Å². The predicted molar refractivity (Wildman–Crippen MR) is 66.4 cm³/mol. The fraction of sp³-hybridized carbons (Fsp3) is 0.545. The Morgan fingerprint density at radius 3 is 2.78 bits per heavy atom. The van der Waals surface area contributed by atoms with Gasteiger partial charge in [-0.3, -0.25) is 4.79 Å². The predicted octanol–water partition coefficient (Wildman–Crippen LogP) is 1.02. The molecule has 98 valence electrons. The van der Waals surface area contributed by atoms with E-state index in [-0.39, 0.29) is 6.03 Å². The lowest BCUT2D eigenvalue weighted by Crippen LogP contribution is -2.56. The molecule has 0 aromatic carbocycles. The maximum Gasteiger partial charge on any atom is 0.320 e. The van der Waals surface area contributed by atoms with Gasteiger partial charge >= 0.3 is 12.0 Å². The van der Waals surface area contributed by atoms with Crippen LogP contribution in [0.1, 0.15) is 10.7 Å². The molecule has 18 heavy (non-hydrogen) atoms. The Labute approximate surface area is 109 Å². The molecule has 1 aromatic heterocycles. The van der Waals surface area contributed by atoms with Gasteiger partial charge in [-0.25, -0.2) is 9.78 Å². The summed E-state index contributed by atoms with van der Waals surface area (Å²) in [6.07, 6.45) is 0. The number of likely N-dealkylation sites (tertiary alicyclic amines) is 1. The van der Waals surface area contributed by atoms with Crippen LogP contribution in [0.5, 0.6) is 0 Å². The van der Waals surface area contributed by atoms with Crippen molar-refractivity contribution in [2.75, 3.05) is 20.1 Å². The summed E-state index contributed by atoms with van der Waals surface area (Å²) in [5, 5.41) is 11.6. The van der Waals surface area contributed by atoms with E-state index in [9.17, 15) is 9.59 Å². The minimum atomic E-state index is -0.836. The van der Waals surface area contributed by atoms with Crippen LogP contribution in [0.4, 0.5) is 4.79 Å². The minimum absolute atomic E-state index is 0.141. The standard InChI is InChI=1S/C11H15N3O3S/c1-7-12-9(6-18-7)5-13(2)11(17)14-3-8(4-14)10(15)16/h6,8H,3-5H2,1-2H3,(H,15,16). The number of carbonyl (C=O) groups excluding carboxylic acids is 1. The van der Waals surface area contributed by atoms with Crippen molar-refractivity contribution in [3.05, 3.63) is 16.1 Å². The summed E-state index contributed by atoms with van der Waals surface area (Å²) in [4.78, 5) is 30.0. The quantitative estimate of drug-likeness (QED) is 0.889. The SMILES string of the molecule is Cc1nc(CN(C)C(=O)N2CC(C(=O)O)C2)cs1. The first-order valence-electron chi connectivity index (χ1n) is 5.61. The molecule has 0 saturated carbocycles. The fourth-order valence-electron chi connectivity index (χ4n) is 1.82. The van der Waals surface area contributed by atoms with E-state index in [4.69, 9.17) is 5.11 Å². The normalized spacial score (nSPS) is 15.3. The third kappa shape index (κ3) is 2.61. The van der Waals surface area contributed by atoms with E-state index in [0.717, 1.165) is 10.7 Å². The lowest BCUT2D eigenvalue weighted by atomic mass is 10.0. The van der Waals surface area contributed by atoms with Gasteiger partial charge in [0.05, 0.1) is 23.2 Å². The van der Waals surface area contributed by atoms with Crippen LogP contribution in [0.3, 0.4) is 0 Å². The Morgan fingerprint density at radius 1 is 1.61 bits per heavy atom. The van der Waals surface area contributed by atoms with E-state index < -0.39 is 11.9 Å². The smallest absolute Gasteiger partial charge is 0.320 e. The molecule has 2 rings (SSSR count). The average Bonchev–Trinajstić information content (AvgIpc) is 2.60. The molecule has 2 amide bonds. The minimum Gasteiger partial charge on any atom is -0.481 e. The molecule has 1 aliphatic heterocycles. The Morgan fingerprint density at radius 2 is 2.28 bits per heavy atom. The lowest BCUT2D eigenvalue weighted by Gasteiger charge is -2.38. The number of aromatic nitrogens is 1. The number of carboxylic acid groups (broad SMARTS) is 1. The number of amides is 2. The average molecular weight is 269 g/mol. The first-order chi connectivity index (χ1) is 8.47. The number of urea groups is 1. The number of nitrogens with zero attached hydrogens (tertiary/aromatic N) is 3. The molecule has 6 nitrogen and oxygen atoms in total. The first kappa shape index (κ1) is 12.8. The molecule has 2 heterocycles. The number of carboxylic acids is 1. The zero-order valence-corrected chi connectivity index (χ0v) is 11.1. The van der Waals surface area contributed by atoms with E-state index in [1.807, 2.05) is 12.3 Å². The van der Waals surface area contributed by atoms with Crippen molar-refractivity contribution in [3.63, 3.8) is 0 Å². The topological polar surface area (TPSA) is 73.7 Å². The Hall–Kier alpha value is -1.63. The Balaban J connectivity index is 1.85. The highest BCUT2D eigenvalue weighted by atomic mass is 32.1. The van der Waals surface area contributed by atoms with Gasteiger partial charge in [0.25, 0.3) is 0 Å². The summed E-state index contributed by atoms with van der Waals surface area (Å²) in [6.45, 7) is 2.98. The van der Waals surface area contributed by atoms with Gasteiger partial charge in [-0.05, 0) is 6.92 Å². The van der Waals surface area contributed by atoms with E-state index in [1.165, 1.54) is 4.90 Å². The van der Waals surface area contributed by atoms with Gasteiger partial charge in [0.1, 0.15) is 0 Å². The van der Waals surface area contributed by atoms with Gasteiger partial charge in [-0.15, -0.1) is 11.3 Å². The second kappa shape index (κ2) is 4.93. The second-order valence-electron chi connectivity index (χ2n) is 4.44. The summed E-state index contributed by atoms with van der Waals surface area (Å²) in [7, 11) is 1.70. The molecule has 0 unspecified atom stereocenters. The van der Waals surface area contributed by atoms with Crippen molar-refractivity contribution in [1.29, 1.82) is 0 Å². The molecule has 0 bridgehead atoms. The third-order valence-corrected chi connectivity index (χ3v) is 3.72. The molecular weight excluding hydrogens is 254 g/mol. The molecule has 0 radical (unpaired) electrons. The number of aliphatic carboxylic acids is 1. The zero-order chi connectivity index (χ0) is 13.3. The molecule has 1 aliphatic rings. The van der Waals surface area contributed by atoms with Crippen molar-refractivity contribution < 1.29 is 14.7 Å². The molecule has 0 atom stereocenters. The van der Waals surface area contributed by atoms with Crippen LogP contribution in [-0.2, 0) is 11.3 Å². The highest BCUT2D eigenvalue weighted by molar-refractivity contribution is 7.09. The van der Waals surface area contributed by atoms with E-state index in [0.29, 0.717) is 19.6 Å². The number of hydrogen-bond acceptors (Lipinski definition) is 4. The van der Waals surface area contributed by atoms with Crippen LogP contribution >= 0.6 is 11.3 Å². The van der Waals surface area contributed by atoms with Crippen LogP contribution < -0.4 is 0 Å². The summed E-state index contributed by atoms with van der Waals surface area (Å²) in [5.74, 6) is -1.25. The molecule has 1 saturated heterocycles. The number of thiazole rings is 1. The van der Waals surface area contributed by atoms with Crippen molar-refractivity contribution in [2.24, 2.45) is 5.92 Å². The maximum atomic E-state index is 11.9. The van der Waals surface area contributed by atoms with Gasteiger partial charge in [-0.2, -0.15) is 0 Å². The molecule has 1 fully saturated rings. The maximum absolute atomic E-state index is 11.9. The van der Waals surface area contributed by atoms with E-state index >= 15 is 0 Å². The van der Waals surface area contributed by atoms with Gasteiger partial charge < -0.3 is 14.9 Å². The lowest BCUT2D eigenvalue weighted by molar-refractivity contribution is -0.146. The van der Waals surface area contributed by atoms with Crippen LogP contribution in [0.15, 0.2) is 5.38 Å². The first-order valence-corrected chi connectivity index (χ1v) is 6.49. The fourth-order valence-corrected chi connectivity index (χ4v) is 2.43. The molecule has 0 spiro atoms. The van der Waals surface area contributed by atoms with Crippen LogP contribution in [0.25, 0.3) is 0 Å². The van der Waals surface area contributed by atoms with E-state index in [2.05, 4.69) is 4.98 Å². The van der Waals surface area contributed by atoms with Crippen molar-refractivity contribution in [2.45, 2.75) is 13.5 Å². The largest absolute Gasteiger partial charge is 0.481 e. The van der Waals surface area contributed by atoms with Gasteiger partial charge in [0.2, 0.25) is 0 Å².